The van der Waals surface area contributed by atoms with Crippen molar-refractivity contribution >= 4 is 17.6 Å². The van der Waals surface area contributed by atoms with E-state index in [0.29, 0.717) is 17.3 Å². The molecule has 0 aliphatic heterocycles. The van der Waals surface area contributed by atoms with Gasteiger partial charge in [0, 0.05) is 11.6 Å². The number of hydrogen-bond donors (Lipinski definition) is 2. The number of nitrogens with one attached hydrogen (secondary N) is 1. The molecule has 5 heteroatoms. The lowest BCUT2D eigenvalue weighted by Crippen LogP contribution is -2.12. The van der Waals surface area contributed by atoms with E-state index in [4.69, 9.17) is 21.4 Å². The van der Waals surface area contributed by atoms with E-state index >= 15 is 0 Å². The highest BCUT2D eigenvalue weighted by Crippen LogP contribution is 2.21. The second-order valence-electron chi connectivity index (χ2n) is 3.26. The fourth-order valence-corrected chi connectivity index (χ4v) is 1.47. The molecule has 0 heterocycles. The number of halogens is 1. The van der Waals surface area contributed by atoms with Crippen LogP contribution in [0.25, 0.3) is 0 Å². The Morgan fingerprint density at radius 2 is 2.25 bits per heavy atom. The Labute approximate surface area is 99.2 Å². The van der Waals surface area contributed by atoms with Gasteiger partial charge in [0.05, 0.1) is 0 Å². The summed E-state index contributed by atoms with van der Waals surface area (Å²) in [5.41, 5.74) is 0.967. The van der Waals surface area contributed by atoms with Crippen LogP contribution in [0.2, 0.25) is 5.02 Å². The molecule has 0 aliphatic rings. The van der Waals surface area contributed by atoms with Gasteiger partial charge in [0.1, 0.15) is 5.75 Å². The topological polar surface area (TPSA) is 58.6 Å². The maximum absolute atomic E-state index is 10.3. The Bertz CT molecular complexity index is 368. The van der Waals surface area contributed by atoms with Gasteiger partial charge in [0.25, 0.3) is 0 Å². The summed E-state index contributed by atoms with van der Waals surface area (Å²) in [5, 5.41) is 12.2. The molecule has 0 aliphatic carbocycles. The minimum absolute atomic E-state index is 0.360. The van der Waals surface area contributed by atoms with E-state index in [2.05, 4.69) is 5.32 Å². The molecule has 88 valence electrons. The molecule has 0 fully saturated rings. The molecule has 2 N–H and O–H groups in total. The Balaban J connectivity index is 2.69. The molecule has 0 spiro atoms. The highest BCUT2D eigenvalue weighted by Gasteiger charge is 2.03. The number of ether oxygens (including phenoxy) is 1. The zero-order valence-corrected chi connectivity index (χ0v) is 9.75. The molecule has 0 saturated carbocycles. The Hall–Kier alpha value is -1.26. The first kappa shape index (κ1) is 12.8. The second kappa shape index (κ2) is 6.35. The maximum Gasteiger partial charge on any atom is 0.341 e. The Kier molecular flexibility index (Phi) is 5.08. The van der Waals surface area contributed by atoms with Gasteiger partial charge in [-0.2, -0.15) is 0 Å². The standard InChI is InChI=1S/C11H14ClNO3/c1-2-13-6-8-3-9(12)5-10(4-8)16-7-11(14)15/h3-5,13H,2,6-7H2,1H3,(H,14,15). The summed E-state index contributed by atoms with van der Waals surface area (Å²) in [6.07, 6.45) is 0. The van der Waals surface area contributed by atoms with E-state index in [1.165, 1.54) is 0 Å². The molecule has 1 aromatic carbocycles. The molecule has 1 aromatic rings. The number of aliphatic carboxylic acids is 1. The molecule has 0 bridgehead atoms. The van der Waals surface area contributed by atoms with Crippen LogP contribution in [0.5, 0.6) is 5.75 Å². The number of benzene rings is 1. The highest BCUT2D eigenvalue weighted by atomic mass is 35.5. The van der Waals surface area contributed by atoms with Gasteiger partial charge in [-0.25, -0.2) is 4.79 Å². The van der Waals surface area contributed by atoms with E-state index in [9.17, 15) is 4.79 Å². The van der Waals surface area contributed by atoms with Crippen molar-refractivity contribution in [3.63, 3.8) is 0 Å². The molecule has 0 atom stereocenters. The van der Waals surface area contributed by atoms with E-state index in [1.807, 2.05) is 13.0 Å². The number of carboxylic acids is 1. The molecule has 0 aromatic heterocycles. The summed E-state index contributed by atoms with van der Waals surface area (Å²) in [7, 11) is 0. The van der Waals surface area contributed by atoms with Crippen molar-refractivity contribution in [3.05, 3.63) is 28.8 Å². The smallest absolute Gasteiger partial charge is 0.341 e. The number of hydrogen-bond acceptors (Lipinski definition) is 3. The van der Waals surface area contributed by atoms with E-state index in [0.717, 1.165) is 12.1 Å². The van der Waals surface area contributed by atoms with Crippen molar-refractivity contribution in [2.75, 3.05) is 13.2 Å². The van der Waals surface area contributed by atoms with Crippen LogP contribution in [-0.2, 0) is 11.3 Å². The SMILES string of the molecule is CCNCc1cc(Cl)cc(OCC(=O)O)c1. The fourth-order valence-electron chi connectivity index (χ4n) is 1.22. The van der Waals surface area contributed by atoms with Crippen LogP contribution in [-0.4, -0.2) is 24.2 Å². The Morgan fingerprint density at radius 3 is 2.88 bits per heavy atom. The number of carboxylic acid groups (broad SMARTS) is 1. The predicted molar refractivity (Wildman–Crippen MR) is 62.0 cm³/mol. The van der Waals surface area contributed by atoms with E-state index in [-0.39, 0.29) is 6.61 Å². The van der Waals surface area contributed by atoms with E-state index in [1.54, 1.807) is 12.1 Å². The summed E-state index contributed by atoms with van der Waals surface area (Å²) in [5.74, 6) is -0.531. The first-order valence-corrected chi connectivity index (χ1v) is 5.34. The summed E-state index contributed by atoms with van der Waals surface area (Å²) >= 11 is 5.89. The lowest BCUT2D eigenvalue weighted by atomic mass is 10.2. The third kappa shape index (κ3) is 4.51. The summed E-state index contributed by atoms with van der Waals surface area (Å²) in [6.45, 7) is 3.19. The molecule has 16 heavy (non-hydrogen) atoms. The normalized spacial score (nSPS) is 10.1. The molecule has 0 unspecified atom stereocenters. The van der Waals surface area contributed by atoms with Gasteiger partial charge in [0.15, 0.2) is 6.61 Å². The predicted octanol–water partition coefficient (Wildman–Crippen LogP) is 1.91. The average molecular weight is 244 g/mol. The summed E-state index contributed by atoms with van der Waals surface area (Å²) in [4.78, 5) is 10.3. The molecule has 0 radical (unpaired) electrons. The van der Waals surface area contributed by atoms with Crippen LogP contribution in [0.3, 0.4) is 0 Å². The summed E-state index contributed by atoms with van der Waals surface area (Å²) in [6, 6.07) is 5.19. The van der Waals surface area contributed by atoms with Crippen molar-refractivity contribution in [2.45, 2.75) is 13.5 Å². The van der Waals surface area contributed by atoms with Gasteiger partial charge in [-0.1, -0.05) is 18.5 Å². The highest BCUT2D eigenvalue weighted by molar-refractivity contribution is 6.30. The molecule has 0 amide bonds. The van der Waals surface area contributed by atoms with Gasteiger partial charge in [-0.3, -0.25) is 0 Å². The molecular formula is C11H14ClNO3. The first-order valence-electron chi connectivity index (χ1n) is 4.96. The first-order chi connectivity index (χ1) is 7.61. The van der Waals surface area contributed by atoms with Crippen LogP contribution in [0.4, 0.5) is 0 Å². The zero-order chi connectivity index (χ0) is 12.0. The second-order valence-corrected chi connectivity index (χ2v) is 3.69. The lowest BCUT2D eigenvalue weighted by molar-refractivity contribution is -0.139. The maximum atomic E-state index is 10.3. The van der Waals surface area contributed by atoms with Crippen molar-refractivity contribution in [2.24, 2.45) is 0 Å². The van der Waals surface area contributed by atoms with Gasteiger partial charge < -0.3 is 15.2 Å². The van der Waals surface area contributed by atoms with Crippen LogP contribution in [0.1, 0.15) is 12.5 Å². The average Bonchev–Trinajstić information content (AvgIpc) is 2.23. The quantitative estimate of drug-likeness (QED) is 0.801. The van der Waals surface area contributed by atoms with Crippen molar-refractivity contribution < 1.29 is 14.6 Å². The van der Waals surface area contributed by atoms with Gasteiger partial charge in [0.2, 0.25) is 0 Å². The molecule has 0 saturated heterocycles. The fraction of sp³-hybridized carbons (Fsp3) is 0.364. The lowest BCUT2D eigenvalue weighted by Gasteiger charge is -2.07. The summed E-state index contributed by atoms with van der Waals surface area (Å²) < 4.78 is 5.06. The minimum Gasteiger partial charge on any atom is -0.482 e. The molecule has 4 nitrogen and oxygen atoms in total. The van der Waals surface area contributed by atoms with Crippen LogP contribution in [0.15, 0.2) is 18.2 Å². The third-order valence-electron chi connectivity index (χ3n) is 1.87. The van der Waals surface area contributed by atoms with Crippen molar-refractivity contribution in [1.82, 2.24) is 5.32 Å². The van der Waals surface area contributed by atoms with Crippen LogP contribution < -0.4 is 10.1 Å². The van der Waals surface area contributed by atoms with Gasteiger partial charge in [-0.15, -0.1) is 0 Å². The third-order valence-corrected chi connectivity index (χ3v) is 2.09. The molecule has 1 rings (SSSR count). The van der Waals surface area contributed by atoms with E-state index < -0.39 is 5.97 Å². The van der Waals surface area contributed by atoms with Crippen LogP contribution >= 0.6 is 11.6 Å². The minimum atomic E-state index is -1.01. The van der Waals surface area contributed by atoms with Crippen LogP contribution in [0, 0.1) is 0 Å². The van der Waals surface area contributed by atoms with Crippen molar-refractivity contribution in [3.8, 4) is 5.75 Å². The number of carbonyl (C=O) groups is 1. The number of rotatable bonds is 6. The zero-order valence-electron chi connectivity index (χ0n) is 9.00. The van der Waals surface area contributed by atoms with Gasteiger partial charge >= 0.3 is 5.97 Å². The largest absolute Gasteiger partial charge is 0.482 e. The molecular weight excluding hydrogens is 230 g/mol. The monoisotopic (exact) mass is 243 g/mol. The van der Waals surface area contributed by atoms with Crippen molar-refractivity contribution in [1.29, 1.82) is 0 Å². The van der Waals surface area contributed by atoms with Gasteiger partial charge in [-0.05, 0) is 30.3 Å². The Morgan fingerprint density at radius 1 is 1.50 bits per heavy atom.